The van der Waals surface area contributed by atoms with Gasteiger partial charge >= 0.3 is 6.03 Å². The summed E-state index contributed by atoms with van der Waals surface area (Å²) < 4.78 is 5.05. The van der Waals surface area contributed by atoms with E-state index < -0.39 is 6.03 Å². The molecule has 1 aliphatic rings. The monoisotopic (exact) mass is 278 g/mol. The zero-order valence-corrected chi connectivity index (χ0v) is 11.3. The fraction of sp³-hybridized carbons (Fsp3) is 0.462. The van der Waals surface area contributed by atoms with Gasteiger partial charge < -0.3 is 21.1 Å². The highest BCUT2D eigenvalue weighted by Gasteiger charge is 2.32. The highest BCUT2D eigenvalue weighted by atomic mass is 16.5. The second-order valence-electron chi connectivity index (χ2n) is 4.70. The van der Waals surface area contributed by atoms with E-state index >= 15 is 0 Å². The number of aromatic nitrogens is 1. The number of carbonyl (C=O) groups is 2. The number of pyridine rings is 1. The minimum atomic E-state index is -0.394. The Hall–Kier alpha value is -2.31. The third-order valence-electron chi connectivity index (χ3n) is 3.41. The topological polar surface area (TPSA) is 106 Å². The van der Waals surface area contributed by atoms with Crippen LogP contribution < -0.4 is 21.1 Å². The van der Waals surface area contributed by atoms with Crippen LogP contribution in [0.4, 0.5) is 10.5 Å². The molecule has 0 radical (unpaired) electrons. The molecule has 3 amide bonds. The summed E-state index contributed by atoms with van der Waals surface area (Å²) in [6.45, 7) is 0. The van der Waals surface area contributed by atoms with Crippen LogP contribution in [0.5, 0.6) is 5.88 Å². The Bertz CT molecular complexity index is 506. The average Bonchev–Trinajstić information content (AvgIpc) is 2.87. The van der Waals surface area contributed by atoms with E-state index in [-0.39, 0.29) is 17.9 Å². The fourth-order valence-corrected chi connectivity index (χ4v) is 2.45. The fourth-order valence-electron chi connectivity index (χ4n) is 2.45. The number of nitrogens with zero attached hydrogens (tertiary/aromatic N) is 1. The van der Waals surface area contributed by atoms with E-state index in [1.54, 1.807) is 18.3 Å². The van der Waals surface area contributed by atoms with Crippen LogP contribution in [0.2, 0.25) is 0 Å². The number of primary amides is 1. The summed E-state index contributed by atoms with van der Waals surface area (Å²) in [5.41, 5.74) is 5.79. The Kier molecular flexibility index (Phi) is 4.39. The van der Waals surface area contributed by atoms with Crippen molar-refractivity contribution in [3.05, 3.63) is 18.3 Å². The molecule has 1 aromatic rings. The van der Waals surface area contributed by atoms with Crippen LogP contribution in [0.1, 0.15) is 19.3 Å². The van der Waals surface area contributed by atoms with Gasteiger partial charge in [0.15, 0.2) is 0 Å². The standard InChI is InChI=1S/C13H18N4O3/c1-20-12-10(6-3-7-15-12)17-13(19)16-9-5-2-4-8(9)11(14)18/h3,6-9H,2,4-5H2,1H3,(H2,14,18)(H2,16,17,19)/t8-,9+/m0/s1. The maximum Gasteiger partial charge on any atom is 0.319 e. The van der Waals surface area contributed by atoms with Crippen molar-refractivity contribution in [2.45, 2.75) is 25.3 Å². The number of ether oxygens (including phenoxy) is 1. The molecule has 1 heterocycles. The van der Waals surface area contributed by atoms with Gasteiger partial charge in [-0.1, -0.05) is 6.42 Å². The molecule has 1 fully saturated rings. The summed E-state index contributed by atoms with van der Waals surface area (Å²) in [5, 5.41) is 5.43. The lowest BCUT2D eigenvalue weighted by atomic mass is 10.0. The average molecular weight is 278 g/mol. The van der Waals surface area contributed by atoms with Crippen molar-refractivity contribution in [1.82, 2.24) is 10.3 Å². The van der Waals surface area contributed by atoms with Gasteiger partial charge in [0.2, 0.25) is 11.8 Å². The van der Waals surface area contributed by atoms with Gasteiger partial charge in [0.05, 0.1) is 13.0 Å². The molecule has 7 heteroatoms. The van der Waals surface area contributed by atoms with E-state index in [1.165, 1.54) is 7.11 Å². The first-order valence-electron chi connectivity index (χ1n) is 6.47. The number of anilines is 1. The molecule has 1 saturated carbocycles. The molecule has 0 bridgehead atoms. The predicted molar refractivity (Wildman–Crippen MR) is 73.3 cm³/mol. The lowest BCUT2D eigenvalue weighted by Crippen LogP contribution is -2.44. The van der Waals surface area contributed by atoms with Gasteiger partial charge in [-0.25, -0.2) is 9.78 Å². The summed E-state index contributed by atoms with van der Waals surface area (Å²) in [6.07, 6.45) is 3.93. The Labute approximate surface area is 116 Å². The van der Waals surface area contributed by atoms with Gasteiger partial charge in [0, 0.05) is 12.2 Å². The zero-order valence-electron chi connectivity index (χ0n) is 11.3. The third kappa shape index (κ3) is 3.17. The van der Waals surface area contributed by atoms with Gasteiger partial charge in [-0.3, -0.25) is 4.79 Å². The quantitative estimate of drug-likeness (QED) is 0.759. The molecule has 0 saturated heterocycles. The molecule has 0 unspecified atom stereocenters. The van der Waals surface area contributed by atoms with E-state index in [0.717, 1.165) is 19.3 Å². The van der Waals surface area contributed by atoms with Crippen molar-refractivity contribution >= 4 is 17.6 Å². The number of nitrogens with two attached hydrogens (primary N) is 1. The molecule has 4 N–H and O–H groups in total. The van der Waals surface area contributed by atoms with Crippen LogP contribution in [-0.4, -0.2) is 30.1 Å². The lowest BCUT2D eigenvalue weighted by Gasteiger charge is -2.19. The second kappa shape index (κ2) is 6.23. The van der Waals surface area contributed by atoms with Crippen LogP contribution in [0.25, 0.3) is 0 Å². The number of carbonyl (C=O) groups excluding carboxylic acids is 2. The zero-order chi connectivity index (χ0) is 14.5. The van der Waals surface area contributed by atoms with E-state index in [4.69, 9.17) is 10.5 Å². The third-order valence-corrected chi connectivity index (χ3v) is 3.41. The molecule has 7 nitrogen and oxygen atoms in total. The maximum absolute atomic E-state index is 11.9. The number of rotatable bonds is 4. The first-order valence-corrected chi connectivity index (χ1v) is 6.47. The molecule has 1 aliphatic carbocycles. The number of urea groups is 1. The molecule has 0 spiro atoms. The Balaban J connectivity index is 1.97. The van der Waals surface area contributed by atoms with Crippen molar-refractivity contribution in [3.63, 3.8) is 0 Å². The largest absolute Gasteiger partial charge is 0.480 e. The van der Waals surface area contributed by atoms with Crippen molar-refractivity contribution in [2.75, 3.05) is 12.4 Å². The normalized spacial score (nSPS) is 21.2. The summed E-state index contributed by atoms with van der Waals surface area (Å²) in [4.78, 5) is 27.2. The molecule has 0 aromatic carbocycles. The lowest BCUT2D eigenvalue weighted by molar-refractivity contribution is -0.122. The summed E-state index contributed by atoms with van der Waals surface area (Å²) in [5.74, 6) is -0.330. The van der Waals surface area contributed by atoms with Crippen molar-refractivity contribution in [1.29, 1.82) is 0 Å². The van der Waals surface area contributed by atoms with Crippen LogP contribution in [0.3, 0.4) is 0 Å². The molecule has 0 aliphatic heterocycles. The molecule has 1 aromatic heterocycles. The smallest absolute Gasteiger partial charge is 0.319 e. The molecule has 2 rings (SSSR count). The minimum absolute atomic E-state index is 0.213. The molecular weight excluding hydrogens is 260 g/mol. The van der Waals surface area contributed by atoms with E-state index in [0.29, 0.717) is 11.6 Å². The molecule has 108 valence electrons. The van der Waals surface area contributed by atoms with E-state index in [1.807, 2.05) is 0 Å². The van der Waals surface area contributed by atoms with Crippen molar-refractivity contribution in [2.24, 2.45) is 11.7 Å². The maximum atomic E-state index is 11.9. The van der Waals surface area contributed by atoms with E-state index in [2.05, 4.69) is 15.6 Å². The van der Waals surface area contributed by atoms with Crippen molar-refractivity contribution in [3.8, 4) is 5.88 Å². The Morgan fingerprint density at radius 3 is 2.95 bits per heavy atom. The SMILES string of the molecule is COc1ncccc1NC(=O)N[C@@H]1CCC[C@@H]1C(N)=O. The number of amides is 3. The van der Waals surface area contributed by atoms with Crippen LogP contribution in [0, 0.1) is 5.92 Å². The number of methoxy groups -OCH3 is 1. The van der Waals surface area contributed by atoms with E-state index in [9.17, 15) is 9.59 Å². The van der Waals surface area contributed by atoms with Gasteiger partial charge in [0.1, 0.15) is 5.69 Å². The summed E-state index contributed by atoms with van der Waals surface area (Å²) in [7, 11) is 1.48. The first kappa shape index (κ1) is 14.1. The minimum Gasteiger partial charge on any atom is -0.480 e. The molecule has 20 heavy (non-hydrogen) atoms. The van der Waals surface area contributed by atoms with Crippen LogP contribution >= 0.6 is 0 Å². The first-order chi connectivity index (χ1) is 9.61. The Morgan fingerprint density at radius 2 is 2.25 bits per heavy atom. The molecular formula is C13H18N4O3. The summed E-state index contributed by atoms with van der Waals surface area (Å²) in [6, 6.07) is 2.77. The van der Waals surface area contributed by atoms with Gasteiger partial charge in [0.25, 0.3) is 0 Å². The van der Waals surface area contributed by atoms with Gasteiger partial charge in [-0.15, -0.1) is 0 Å². The highest BCUT2D eigenvalue weighted by Crippen LogP contribution is 2.25. The second-order valence-corrected chi connectivity index (χ2v) is 4.70. The Morgan fingerprint density at radius 1 is 1.45 bits per heavy atom. The number of hydrogen-bond acceptors (Lipinski definition) is 4. The number of nitrogens with one attached hydrogen (secondary N) is 2. The summed E-state index contributed by atoms with van der Waals surface area (Å²) >= 11 is 0. The predicted octanol–water partition coefficient (Wildman–Crippen LogP) is 0.866. The van der Waals surface area contributed by atoms with Gasteiger partial charge in [-0.05, 0) is 25.0 Å². The van der Waals surface area contributed by atoms with Gasteiger partial charge in [-0.2, -0.15) is 0 Å². The highest BCUT2D eigenvalue weighted by molar-refractivity contribution is 5.91. The van der Waals surface area contributed by atoms with Crippen molar-refractivity contribution < 1.29 is 14.3 Å². The van der Waals surface area contributed by atoms with Crippen LogP contribution in [-0.2, 0) is 4.79 Å². The number of hydrogen-bond donors (Lipinski definition) is 3. The molecule has 2 atom stereocenters. The van der Waals surface area contributed by atoms with Crippen LogP contribution in [0.15, 0.2) is 18.3 Å².